The molecule has 4 aromatic rings. The Bertz CT molecular complexity index is 1960. The van der Waals surface area contributed by atoms with Gasteiger partial charge in [0.05, 0.1) is 5.69 Å². The van der Waals surface area contributed by atoms with Gasteiger partial charge in [-0.2, -0.15) is 17.8 Å². The molecule has 0 saturated carbocycles. The summed E-state index contributed by atoms with van der Waals surface area (Å²) in [4.78, 5) is 20.3. The molecule has 2 aliphatic heterocycles. The zero-order chi connectivity index (χ0) is 35.1. The lowest BCUT2D eigenvalue weighted by atomic mass is 10.0. The average molecular weight is 698 g/mol. The molecule has 0 unspecified atom stereocenters. The van der Waals surface area contributed by atoms with Crippen LogP contribution in [0.5, 0.6) is 0 Å². The highest BCUT2D eigenvalue weighted by Gasteiger charge is 2.32. The number of ether oxygens (including phenoxy) is 1. The maximum Gasteiger partial charge on any atom is 0.410 e. The fourth-order valence-electron chi connectivity index (χ4n) is 6.07. The number of hydrogen-bond donors (Lipinski definition) is 1. The number of carbonyl (C=O) groups is 1. The summed E-state index contributed by atoms with van der Waals surface area (Å²) < 4.78 is 83.0. The molecule has 2 saturated heterocycles. The Morgan fingerprint density at radius 2 is 1.67 bits per heavy atom. The summed E-state index contributed by atoms with van der Waals surface area (Å²) in [7, 11) is -4.12. The summed E-state index contributed by atoms with van der Waals surface area (Å²) in [6, 6.07) is 9.45. The SMILES string of the molecule is C[C@@H]1CN(c2ccc(-n3cc(-c4cc(F)cc(NS(=O)(=O)N5CCCC5)c4F)c(-c4ccncc4)n3)c(F)c2)CCN1C(=O)OC(C)(C)C. The van der Waals surface area contributed by atoms with Crippen LogP contribution in [0.2, 0.25) is 0 Å². The standard InChI is InChI=1S/C34H38F3N7O4S/c1-22-20-41(15-16-43(22)33(45)48-34(2,3)4)25-7-8-30(28(36)19-25)44-21-27(32(39-44)23-9-11-38-12-10-23)26-17-24(35)18-29(31(26)37)40-49(46,47)42-13-5-6-14-42/h7-12,17-19,21-22,40H,5-6,13-16,20H2,1-4H3/t22-/m1/s1. The van der Waals surface area contributed by atoms with Crippen LogP contribution in [0.15, 0.2) is 61.1 Å². The van der Waals surface area contributed by atoms with Crippen molar-refractivity contribution >= 4 is 27.7 Å². The molecular weight excluding hydrogens is 659 g/mol. The monoisotopic (exact) mass is 697 g/mol. The number of rotatable bonds is 7. The Morgan fingerprint density at radius 1 is 0.959 bits per heavy atom. The van der Waals surface area contributed by atoms with Gasteiger partial charge < -0.3 is 14.5 Å². The van der Waals surface area contributed by atoms with E-state index >= 15 is 13.2 Å². The van der Waals surface area contributed by atoms with Crippen molar-refractivity contribution < 1.29 is 31.1 Å². The minimum absolute atomic E-state index is 0.0533. The third-order valence-electron chi connectivity index (χ3n) is 8.44. The number of carbonyl (C=O) groups excluding carboxylic acids is 1. The second kappa shape index (κ2) is 13.3. The van der Waals surface area contributed by atoms with Gasteiger partial charge in [0.15, 0.2) is 11.6 Å². The van der Waals surface area contributed by atoms with Gasteiger partial charge in [0, 0.05) is 85.8 Å². The number of nitrogens with one attached hydrogen (secondary N) is 1. The second-order valence-corrected chi connectivity index (χ2v) is 14.9. The van der Waals surface area contributed by atoms with Crippen LogP contribution in [0.25, 0.3) is 28.1 Å². The molecule has 0 spiro atoms. The molecule has 2 aromatic carbocycles. The first-order chi connectivity index (χ1) is 23.2. The third-order valence-corrected chi connectivity index (χ3v) is 9.96. The van der Waals surface area contributed by atoms with E-state index in [-0.39, 0.29) is 41.6 Å². The minimum Gasteiger partial charge on any atom is -0.444 e. The van der Waals surface area contributed by atoms with Crippen LogP contribution in [0.1, 0.15) is 40.5 Å². The van der Waals surface area contributed by atoms with E-state index in [1.807, 2.05) is 32.6 Å². The number of piperazine rings is 1. The molecule has 0 bridgehead atoms. The van der Waals surface area contributed by atoms with Crippen molar-refractivity contribution in [2.75, 3.05) is 42.3 Å². The van der Waals surface area contributed by atoms with E-state index in [2.05, 4.69) is 14.8 Å². The van der Waals surface area contributed by atoms with Crippen molar-refractivity contribution in [2.45, 2.75) is 52.2 Å². The smallest absolute Gasteiger partial charge is 0.410 e. The minimum atomic E-state index is -4.12. The number of nitrogens with zero attached hydrogens (tertiary/aromatic N) is 6. The zero-order valence-corrected chi connectivity index (χ0v) is 28.5. The Balaban J connectivity index is 1.32. The summed E-state index contributed by atoms with van der Waals surface area (Å²) in [6.45, 7) is 9.21. The maximum absolute atomic E-state index is 16.1. The summed E-state index contributed by atoms with van der Waals surface area (Å²) in [6.07, 6.45) is 5.35. The van der Waals surface area contributed by atoms with E-state index < -0.39 is 45.0 Å². The summed E-state index contributed by atoms with van der Waals surface area (Å²) in [5.74, 6) is -2.50. The van der Waals surface area contributed by atoms with Crippen molar-refractivity contribution in [2.24, 2.45) is 0 Å². The number of benzene rings is 2. The highest BCUT2D eigenvalue weighted by Crippen LogP contribution is 2.37. The number of amides is 1. The maximum atomic E-state index is 16.1. The van der Waals surface area contributed by atoms with Gasteiger partial charge in [-0.25, -0.2) is 22.6 Å². The van der Waals surface area contributed by atoms with Crippen molar-refractivity contribution in [3.8, 4) is 28.1 Å². The molecule has 1 N–H and O–H groups in total. The van der Waals surface area contributed by atoms with Crippen LogP contribution in [0.4, 0.5) is 29.3 Å². The first-order valence-electron chi connectivity index (χ1n) is 16.0. The average Bonchev–Trinajstić information content (AvgIpc) is 3.74. The van der Waals surface area contributed by atoms with Gasteiger partial charge >= 0.3 is 16.3 Å². The predicted molar refractivity (Wildman–Crippen MR) is 180 cm³/mol. The normalized spacial score (nSPS) is 17.4. The predicted octanol–water partition coefficient (Wildman–Crippen LogP) is 6.22. The van der Waals surface area contributed by atoms with Crippen LogP contribution < -0.4 is 9.62 Å². The molecule has 1 atom stereocenters. The van der Waals surface area contributed by atoms with Crippen LogP contribution in [0, 0.1) is 17.5 Å². The van der Waals surface area contributed by atoms with Crippen LogP contribution in [-0.2, 0) is 14.9 Å². The Kier molecular flexibility index (Phi) is 9.33. The third kappa shape index (κ3) is 7.37. The van der Waals surface area contributed by atoms with Crippen molar-refractivity contribution in [3.05, 3.63) is 78.5 Å². The van der Waals surface area contributed by atoms with Crippen molar-refractivity contribution in [1.29, 1.82) is 0 Å². The Morgan fingerprint density at radius 3 is 2.33 bits per heavy atom. The van der Waals surface area contributed by atoms with E-state index in [0.29, 0.717) is 43.7 Å². The lowest BCUT2D eigenvalue weighted by Crippen LogP contribution is -2.55. The first-order valence-corrected chi connectivity index (χ1v) is 17.5. The first kappa shape index (κ1) is 34.2. The van der Waals surface area contributed by atoms with E-state index in [1.165, 1.54) is 33.6 Å². The van der Waals surface area contributed by atoms with Gasteiger partial charge in [-0.15, -0.1) is 0 Å². The molecule has 15 heteroatoms. The van der Waals surface area contributed by atoms with Gasteiger partial charge in [-0.1, -0.05) is 0 Å². The van der Waals surface area contributed by atoms with Gasteiger partial charge in [0.25, 0.3) is 0 Å². The largest absolute Gasteiger partial charge is 0.444 e. The summed E-state index contributed by atoms with van der Waals surface area (Å²) >= 11 is 0. The zero-order valence-electron chi connectivity index (χ0n) is 27.7. The van der Waals surface area contributed by atoms with Gasteiger partial charge in [-0.3, -0.25) is 9.71 Å². The molecular formula is C34H38F3N7O4S. The molecule has 4 heterocycles. The molecule has 2 aliphatic rings. The lowest BCUT2D eigenvalue weighted by Gasteiger charge is -2.41. The van der Waals surface area contributed by atoms with E-state index in [9.17, 15) is 13.2 Å². The molecule has 260 valence electrons. The van der Waals surface area contributed by atoms with Gasteiger partial charge in [0.1, 0.15) is 22.8 Å². The molecule has 11 nitrogen and oxygen atoms in total. The number of anilines is 2. The fourth-order valence-corrected chi connectivity index (χ4v) is 7.37. The van der Waals surface area contributed by atoms with E-state index in [4.69, 9.17) is 4.74 Å². The van der Waals surface area contributed by atoms with Gasteiger partial charge in [0.2, 0.25) is 0 Å². The number of pyridine rings is 1. The lowest BCUT2D eigenvalue weighted by molar-refractivity contribution is 0.0159. The van der Waals surface area contributed by atoms with Gasteiger partial charge in [-0.05, 0) is 76.9 Å². The number of hydrogen-bond acceptors (Lipinski definition) is 7. The molecule has 49 heavy (non-hydrogen) atoms. The van der Waals surface area contributed by atoms with Crippen LogP contribution in [-0.4, -0.2) is 82.8 Å². The number of aromatic nitrogens is 3. The topological polar surface area (TPSA) is 113 Å². The molecule has 2 fully saturated rings. The summed E-state index contributed by atoms with van der Waals surface area (Å²) in [5, 5.41) is 4.58. The summed E-state index contributed by atoms with van der Waals surface area (Å²) in [5.41, 5.74) is 0.0429. The Hall–Kier alpha value is -4.63. The Labute approximate surface area is 283 Å². The molecule has 6 rings (SSSR count). The van der Waals surface area contributed by atoms with Crippen LogP contribution in [0.3, 0.4) is 0 Å². The van der Waals surface area contributed by atoms with Crippen molar-refractivity contribution in [1.82, 2.24) is 24.0 Å². The molecule has 2 aromatic heterocycles. The quantitative estimate of drug-likeness (QED) is 0.244. The second-order valence-electron chi connectivity index (χ2n) is 13.2. The fraction of sp³-hybridized carbons (Fsp3) is 0.382. The van der Waals surface area contributed by atoms with E-state index in [0.717, 1.165) is 12.1 Å². The highest BCUT2D eigenvalue weighted by atomic mass is 32.2. The van der Waals surface area contributed by atoms with E-state index in [1.54, 1.807) is 29.2 Å². The van der Waals surface area contributed by atoms with Crippen LogP contribution >= 0.6 is 0 Å². The molecule has 0 aliphatic carbocycles. The molecule has 0 radical (unpaired) electrons. The van der Waals surface area contributed by atoms with Crippen molar-refractivity contribution in [3.63, 3.8) is 0 Å². The molecule has 1 amide bonds. The highest BCUT2D eigenvalue weighted by molar-refractivity contribution is 7.90. The number of halogens is 3.